The summed E-state index contributed by atoms with van der Waals surface area (Å²) in [5.74, 6) is -0.365. The smallest absolute Gasteiger partial charge is 0.310 e. The molecule has 0 atom stereocenters. The van der Waals surface area contributed by atoms with Gasteiger partial charge in [0.25, 0.3) is 5.56 Å². The van der Waals surface area contributed by atoms with E-state index in [-0.39, 0.29) is 24.6 Å². The molecule has 2 aromatic carbocycles. The lowest BCUT2D eigenvalue weighted by Gasteiger charge is -2.07. The summed E-state index contributed by atoms with van der Waals surface area (Å²) in [6.07, 6.45) is 1.81. The second kappa shape index (κ2) is 8.41. The van der Waals surface area contributed by atoms with Crippen molar-refractivity contribution in [3.63, 3.8) is 0 Å². The molecule has 0 unspecified atom stereocenters. The molecule has 0 amide bonds. The summed E-state index contributed by atoms with van der Waals surface area (Å²) < 4.78 is 7.53. The molecule has 144 valence electrons. The Morgan fingerprint density at radius 1 is 0.966 bits per heavy atom. The van der Waals surface area contributed by atoms with Crippen LogP contribution in [-0.2, 0) is 22.6 Å². The van der Waals surface area contributed by atoms with Crippen LogP contribution in [0.5, 0.6) is 0 Å². The number of nitrogens with zero attached hydrogens (tertiary/aromatic N) is 2. The first kappa shape index (κ1) is 19.1. The number of carbonyl (C=O) groups is 1. The van der Waals surface area contributed by atoms with E-state index in [1.54, 1.807) is 18.3 Å². The maximum absolute atomic E-state index is 12.2. The first-order valence-electron chi connectivity index (χ1n) is 9.06. The zero-order chi connectivity index (χ0) is 20.2. The number of pyridine rings is 1. The molecule has 0 saturated heterocycles. The van der Waals surface area contributed by atoms with Crippen LogP contribution in [0.2, 0.25) is 0 Å². The predicted octanol–water partition coefficient (Wildman–Crippen LogP) is 4.41. The molecule has 29 heavy (non-hydrogen) atoms. The van der Waals surface area contributed by atoms with Crippen molar-refractivity contribution in [2.24, 2.45) is 0 Å². The van der Waals surface area contributed by atoms with Gasteiger partial charge in [0.05, 0.1) is 12.1 Å². The lowest BCUT2D eigenvalue weighted by molar-refractivity contribution is -0.144. The molecule has 0 aliphatic carbocycles. The molecule has 2 aromatic heterocycles. The molecule has 0 N–H and O–H groups in total. The van der Waals surface area contributed by atoms with Crippen molar-refractivity contribution in [2.45, 2.75) is 13.0 Å². The van der Waals surface area contributed by atoms with Crippen molar-refractivity contribution in [3.05, 3.63) is 105 Å². The van der Waals surface area contributed by atoms with Gasteiger partial charge < -0.3 is 4.74 Å². The molecule has 0 aliphatic rings. The fraction of sp³-hybridized carbons (Fsp3) is 0.0870. The summed E-state index contributed by atoms with van der Waals surface area (Å²) in [5.41, 5.74) is 3.79. The van der Waals surface area contributed by atoms with Gasteiger partial charge in [-0.15, -0.1) is 0 Å². The molecule has 0 bridgehead atoms. The highest BCUT2D eigenvalue weighted by molar-refractivity contribution is 9.10. The minimum absolute atomic E-state index is 0.0390. The Morgan fingerprint density at radius 3 is 2.45 bits per heavy atom. The van der Waals surface area contributed by atoms with E-state index >= 15 is 0 Å². The zero-order valence-corrected chi connectivity index (χ0v) is 17.0. The fourth-order valence-electron chi connectivity index (χ4n) is 3.02. The number of hydrogen-bond donors (Lipinski definition) is 0. The topological polar surface area (TPSA) is 60.7 Å². The Kier molecular flexibility index (Phi) is 5.53. The molecule has 5 nitrogen and oxygen atoms in total. The third kappa shape index (κ3) is 4.60. The van der Waals surface area contributed by atoms with E-state index in [9.17, 15) is 9.59 Å². The molecular weight excluding hydrogens is 432 g/mol. The number of aromatic nitrogens is 2. The van der Waals surface area contributed by atoms with Gasteiger partial charge in [0.15, 0.2) is 0 Å². The van der Waals surface area contributed by atoms with Crippen LogP contribution >= 0.6 is 15.9 Å². The van der Waals surface area contributed by atoms with Crippen molar-refractivity contribution in [1.29, 1.82) is 0 Å². The first-order chi connectivity index (χ1) is 14.1. The van der Waals surface area contributed by atoms with Crippen molar-refractivity contribution in [3.8, 4) is 11.1 Å². The highest BCUT2D eigenvalue weighted by Gasteiger charge is 2.09. The molecule has 0 aliphatic heterocycles. The summed E-state index contributed by atoms with van der Waals surface area (Å²) >= 11 is 3.33. The molecule has 0 radical (unpaired) electrons. The predicted molar refractivity (Wildman–Crippen MR) is 115 cm³/mol. The largest absolute Gasteiger partial charge is 0.459 e. The monoisotopic (exact) mass is 448 g/mol. The zero-order valence-electron chi connectivity index (χ0n) is 15.4. The third-order valence-electron chi connectivity index (χ3n) is 4.47. The van der Waals surface area contributed by atoms with Crippen LogP contribution in [0.3, 0.4) is 0 Å². The molecule has 6 heteroatoms. The average Bonchev–Trinajstić information content (AvgIpc) is 2.74. The SMILES string of the molecule is O=C(Cc1ccc(-c2ccccc2)cc1)OCc1cc(=O)n2cc(Br)ccc2n1. The Labute approximate surface area is 175 Å². The number of halogens is 1. The highest BCUT2D eigenvalue weighted by Crippen LogP contribution is 2.19. The van der Waals surface area contributed by atoms with Gasteiger partial charge in [-0.05, 0) is 44.8 Å². The molecule has 0 saturated carbocycles. The molecule has 2 heterocycles. The summed E-state index contributed by atoms with van der Waals surface area (Å²) in [7, 11) is 0. The molecule has 0 spiro atoms. The van der Waals surface area contributed by atoms with E-state index in [2.05, 4.69) is 20.9 Å². The van der Waals surface area contributed by atoms with Gasteiger partial charge in [-0.2, -0.15) is 0 Å². The lowest BCUT2D eigenvalue weighted by atomic mass is 10.0. The van der Waals surface area contributed by atoms with Gasteiger partial charge in [0.2, 0.25) is 0 Å². The summed E-state index contributed by atoms with van der Waals surface area (Å²) in [4.78, 5) is 28.8. The molecule has 0 fully saturated rings. The molecule has 4 aromatic rings. The van der Waals surface area contributed by atoms with Crippen LogP contribution < -0.4 is 5.56 Å². The van der Waals surface area contributed by atoms with E-state index in [4.69, 9.17) is 4.74 Å². The standard InChI is InChI=1S/C23H17BrN2O3/c24-19-10-11-21-25-20(13-22(27)26(21)14-19)15-29-23(28)12-16-6-8-18(9-7-16)17-4-2-1-3-5-17/h1-11,13-14H,12,15H2. The summed E-state index contributed by atoms with van der Waals surface area (Å²) in [6.45, 7) is -0.0390. The molecule has 4 rings (SSSR count). The number of hydrogen-bond acceptors (Lipinski definition) is 4. The summed E-state index contributed by atoms with van der Waals surface area (Å²) in [6, 6.07) is 22.8. The number of ether oxygens (including phenoxy) is 1. The number of fused-ring (bicyclic) bond motifs is 1. The van der Waals surface area contributed by atoms with Crippen molar-refractivity contribution in [2.75, 3.05) is 0 Å². The Hall–Kier alpha value is -3.25. The van der Waals surface area contributed by atoms with Crippen LogP contribution in [0, 0.1) is 0 Å². The van der Waals surface area contributed by atoms with E-state index in [1.807, 2.05) is 54.6 Å². The minimum Gasteiger partial charge on any atom is -0.459 e. The number of carbonyl (C=O) groups excluding carboxylic acids is 1. The quantitative estimate of drug-likeness (QED) is 0.424. The van der Waals surface area contributed by atoms with Gasteiger partial charge in [-0.25, -0.2) is 4.98 Å². The first-order valence-corrected chi connectivity index (χ1v) is 9.86. The Bertz CT molecular complexity index is 1220. The van der Waals surface area contributed by atoms with E-state index < -0.39 is 0 Å². The second-order valence-corrected chi connectivity index (χ2v) is 7.48. The number of benzene rings is 2. The van der Waals surface area contributed by atoms with Crippen LogP contribution in [0.4, 0.5) is 0 Å². The fourth-order valence-corrected chi connectivity index (χ4v) is 3.35. The Balaban J connectivity index is 1.39. The third-order valence-corrected chi connectivity index (χ3v) is 4.94. The van der Waals surface area contributed by atoms with Crippen molar-refractivity contribution in [1.82, 2.24) is 9.38 Å². The normalized spacial score (nSPS) is 10.8. The maximum atomic E-state index is 12.2. The van der Waals surface area contributed by atoms with Crippen LogP contribution in [0.1, 0.15) is 11.3 Å². The summed E-state index contributed by atoms with van der Waals surface area (Å²) in [5, 5.41) is 0. The number of esters is 1. The van der Waals surface area contributed by atoms with Crippen LogP contribution in [-0.4, -0.2) is 15.4 Å². The average molecular weight is 449 g/mol. The van der Waals surface area contributed by atoms with Gasteiger partial charge in [-0.3, -0.25) is 14.0 Å². The van der Waals surface area contributed by atoms with Crippen molar-refractivity contribution >= 4 is 27.5 Å². The number of rotatable bonds is 5. The van der Waals surface area contributed by atoms with E-state index in [1.165, 1.54) is 10.5 Å². The van der Waals surface area contributed by atoms with Crippen molar-refractivity contribution < 1.29 is 9.53 Å². The second-order valence-electron chi connectivity index (χ2n) is 6.56. The van der Waals surface area contributed by atoms with E-state index in [0.717, 1.165) is 21.2 Å². The Morgan fingerprint density at radius 2 is 1.69 bits per heavy atom. The van der Waals surface area contributed by atoms with Crippen LogP contribution in [0.15, 0.2) is 88.3 Å². The van der Waals surface area contributed by atoms with Gasteiger partial charge in [-0.1, -0.05) is 54.6 Å². The van der Waals surface area contributed by atoms with Crippen LogP contribution in [0.25, 0.3) is 16.8 Å². The highest BCUT2D eigenvalue weighted by atomic mass is 79.9. The maximum Gasteiger partial charge on any atom is 0.310 e. The van der Waals surface area contributed by atoms with Gasteiger partial charge in [0.1, 0.15) is 12.3 Å². The van der Waals surface area contributed by atoms with Gasteiger partial charge >= 0.3 is 5.97 Å². The van der Waals surface area contributed by atoms with Gasteiger partial charge in [0, 0.05) is 16.7 Å². The molecular formula is C23H17BrN2O3. The minimum atomic E-state index is -0.365. The lowest BCUT2D eigenvalue weighted by Crippen LogP contribution is -2.17. The van der Waals surface area contributed by atoms with E-state index in [0.29, 0.717) is 11.3 Å².